The fourth-order valence-electron chi connectivity index (χ4n) is 2.57. The normalized spacial score (nSPS) is 11.4. The van der Waals surface area contributed by atoms with E-state index in [0.29, 0.717) is 21.3 Å². The highest BCUT2D eigenvalue weighted by Gasteiger charge is 2.19. The number of benzene rings is 2. The van der Waals surface area contributed by atoms with Crippen molar-refractivity contribution in [2.75, 3.05) is 12.4 Å². The Balaban J connectivity index is 2.23. The van der Waals surface area contributed by atoms with Gasteiger partial charge in [-0.2, -0.15) is 5.26 Å². The summed E-state index contributed by atoms with van der Waals surface area (Å²) in [5.41, 5.74) is 2.71. The molecule has 1 atom stereocenters. The summed E-state index contributed by atoms with van der Waals surface area (Å²) >= 11 is 12.3. The number of ether oxygens (including phenoxy) is 1. The van der Waals surface area contributed by atoms with E-state index in [0.717, 1.165) is 11.1 Å². The molecule has 2 rings (SSSR count). The van der Waals surface area contributed by atoms with Crippen molar-refractivity contribution in [2.24, 2.45) is 0 Å². The van der Waals surface area contributed by atoms with Crippen LogP contribution in [0, 0.1) is 18.3 Å². The molecule has 140 valence electrons. The number of rotatable bonds is 6. The predicted molar refractivity (Wildman–Crippen MR) is 105 cm³/mol. The van der Waals surface area contributed by atoms with Crippen molar-refractivity contribution in [3.8, 4) is 6.07 Å². The number of carbonyl (C=O) groups is 2. The number of methoxy groups -OCH3 is 1. The third-order valence-electron chi connectivity index (χ3n) is 4.05. The van der Waals surface area contributed by atoms with Gasteiger partial charge in [0.2, 0.25) is 5.91 Å². The van der Waals surface area contributed by atoms with Gasteiger partial charge in [-0.3, -0.25) is 9.59 Å². The minimum Gasteiger partial charge on any atom is -0.469 e. The van der Waals surface area contributed by atoms with Crippen LogP contribution in [0.25, 0.3) is 0 Å². The molecule has 1 N–H and O–H groups in total. The first kappa shape index (κ1) is 20.8. The van der Waals surface area contributed by atoms with Gasteiger partial charge in [-0.25, -0.2) is 0 Å². The van der Waals surface area contributed by atoms with Crippen molar-refractivity contribution in [1.82, 2.24) is 0 Å². The monoisotopic (exact) mass is 404 g/mol. The fourth-order valence-corrected chi connectivity index (χ4v) is 2.97. The number of nitriles is 1. The Morgan fingerprint density at radius 3 is 2.44 bits per heavy atom. The zero-order valence-electron chi connectivity index (χ0n) is 14.9. The van der Waals surface area contributed by atoms with Gasteiger partial charge >= 0.3 is 5.97 Å². The van der Waals surface area contributed by atoms with Crippen LogP contribution >= 0.6 is 23.2 Å². The van der Waals surface area contributed by atoms with Crippen LogP contribution in [0.3, 0.4) is 0 Å². The van der Waals surface area contributed by atoms with E-state index < -0.39 is 11.9 Å². The van der Waals surface area contributed by atoms with E-state index in [4.69, 9.17) is 23.2 Å². The third kappa shape index (κ3) is 5.46. The SMILES string of the molecule is COC(=O)CCC(=O)Nc1cc(Cl)c([C@@H](C#N)c2ccc(Cl)cc2)cc1C. The zero-order valence-corrected chi connectivity index (χ0v) is 16.4. The highest BCUT2D eigenvalue weighted by molar-refractivity contribution is 6.32. The molecule has 0 saturated heterocycles. The minimum atomic E-state index is -0.558. The summed E-state index contributed by atoms with van der Waals surface area (Å²) < 4.78 is 4.52. The molecule has 2 aromatic carbocycles. The van der Waals surface area contributed by atoms with Gasteiger partial charge in [0.1, 0.15) is 0 Å². The van der Waals surface area contributed by atoms with Gasteiger partial charge in [-0.15, -0.1) is 0 Å². The maximum Gasteiger partial charge on any atom is 0.306 e. The number of hydrogen-bond donors (Lipinski definition) is 1. The van der Waals surface area contributed by atoms with Crippen LogP contribution in [0.5, 0.6) is 0 Å². The Morgan fingerprint density at radius 2 is 1.85 bits per heavy atom. The topological polar surface area (TPSA) is 79.2 Å². The second-order valence-corrected chi connectivity index (χ2v) is 6.77. The first-order valence-corrected chi connectivity index (χ1v) is 8.93. The largest absolute Gasteiger partial charge is 0.469 e. The summed E-state index contributed by atoms with van der Waals surface area (Å²) in [7, 11) is 1.27. The maximum absolute atomic E-state index is 12.0. The number of carbonyl (C=O) groups excluding carboxylic acids is 2. The van der Waals surface area contributed by atoms with Crippen LogP contribution in [-0.2, 0) is 14.3 Å². The van der Waals surface area contributed by atoms with Gasteiger partial charge in [0.25, 0.3) is 0 Å². The van der Waals surface area contributed by atoms with Crippen molar-refractivity contribution in [3.63, 3.8) is 0 Å². The third-order valence-corrected chi connectivity index (χ3v) is 4.62. The van der Waals surface area contributed by atoms with Crippen molar-refractivity contribution in [1.29, 1.82) is 5.26 Å². The van der Waals surface area contributed by atoms with Crippen LogP contribution in [0.2, 0.25) is 10.0 Å². The first-order valence-electron chi connectivity index (χ1n) is 8.17. The van der Waals surface area contributed by atoms with Crippen molar-refractivity contribution in [3.05, 3.63) is 63.1 Å². The lowest BCUT2D eigenvalue weighted by molar-refractivity contribution is -0.141. The molecule has 0 saturated carbocycles. The van der Waals surface area contributed by atoms with Crippen LogP contribution in [0.15, 0.2) is 36.4 Å². The second kappa shape index (κ2) is 9.40. The molecule has 7 heteroatoms. The number of amides is 1. The number of nitrogens with one attached hydrogen (secondary N) is 1. The van der Waals surface area contributed by atoms with E-state index in [1.165, 1.54) is 7.11 Å². The van der Waals surface area contributed by atoms with Gasteiger partial charge in [-0.1, -0.05) is 41.4 Å². The van der Waals surface area contributed by atoms with E-state index in [-0.39, 0.29) is 18.7 Å². The van der Waals surface area contributed by atoms with Gasteiger partial charge < -0.3 is 10.1 Å². The molecule has 1 amide bonds. The Hall–Kier alpha value is -2.55. The van der Waals surface area contributed by atoms with Crippen LogP contribution in [-0.4, -0.2) is 19.0 Å². The average Bonchev–Trinajstić information content (AvgIpc) is 2.65. The summed E-state index contributed by atoms with van der Waals surface area (Å²) in [6.07, 6.45) is 0.0113. The number of nitrogens with zero attached hydrogens (tertiary/aromatic N) is 1. The van der Waals surface area contributed by atoms with E-state index in [1.807, 2.05) is 6.92 Å². The number of hydrogen-bond acceptors (Lipinski definition) is 4. The minimum absolute atomic E-state index is 0.000268. The molecule has 0 fully saturated rings. The molecular formula is C20H18Cl2N2O3. The Bertz CT molecular complexity index is 889. The van der Waals surface area contributed by atoms with Crippen molar-refractivity contribution >= 4 is 40.8 Å². The van der Waals surface area contributed by atoms with E-state index in [2.05, 4.69) is 16.1 Å². The van der Waals surface area contributed by atoms with E-state index in [1.54, 1.807) is 36.4 Å². The summed E-state index contributed by atoms with van der Waals surface area (Å²) in [6.45, 7) is 1.81. The molecule has 0 aromatic heterocycles. The molecule has 27 heavy (non-hydrogen) atoms. The molecule has 0 aliphatic heterocycles. The Morgan fingerprint density at radius 1 is 1.19 bits per heavy atom. The van der Waals surface area contributed by atoms with Gasteiger partial charge in [0.05, 0.1) is 25.5 Å². The molecule has 0 heterocycles. The molecular weight excluding hydrogens is 387 g/mol. The lowest BCUT2D eigenvalue weighted by atomic mass is 9.91. The van der Waals surface area contributed by atoms with E-state index >= 15 is 0 Å². The quantitative estimate of drug-likeness (QED) is 0.697. The summed E-state index contributed by atoms with van der Waals surface area (Å²) in [6, 6.07) is 12.7. The number of anilines is 1. The van der Waals surface area contributed by atoms with Gasteiger partial charge in [0.15, 0.2) is 0 Å². The summed E-state index contributed by atoms with van der Waals surface area (Å²) in [4.78, 5) is 23.1. The second-order valence-electron chi connectivity index (χ2n) is 5.93. The molecule has 0 aliphatic rings. The highest BCUT2D eigenvalue weighted by Crippen LogP contribution is 2.34. The van der Waals surface area contributed by atoms with Crippen molar-refractivity contribution in [2.45, 2.75) is 25.7 Å². The molecule has 0 aliphatic carbocycles. The molecule has 0 spiro atoms. The van der Waals surface area contributed by atoms with Gasteiger partial charge in [-0.05, 0) is 41.8 Å². The summed E-state index contributed by atoms with van der Waals surface area (Å²) in [5.74, 6) is -1.32. The predicted octanol–water partition coefficient (Wildman–Crippen LogP) is 4.85. The maximum atomic E-state index is 12.0. The summed E-state index contributed by atoms with van der Waals surface area (Å²) in [5, 5.41) is 13.3. The van der Waals surface area contributed by atoms with Crippen molar-refractivity contribution < 1.29 is 14.3 Å². The Kier molecular flexibility index (Phi) is 7.23. The molecule has 0 unspecified atom stereocenters. The van der Waals surface area contributed by atoms with Crippen LogP contribution in [0.4, 0.5) is 5.69 Å². The number of aryl methyl sites for hydroxylation is 1. The standard InChI is InChI=1S/C20H18Cl2N2O3/c1-12-9-15(16(11-23)13-3-5-14(21)6-4-13)17(22)10-18(12)24-19(25)7-8-20(26)27-2/h3-6,9-10,16H,7-8H2,1-2H3,(H,24,25)/t16-/m0/s1. The average molecular weight is 405 g/mol. The molecule has 2 aromatic rings. The Labute approximate surface area is 167 Å². The molecule has 0 radical (unpaired) electrons. The highest BCUT2D eigenvalue weighted by atomic mass is 35.5. The number of esters is 1. The smallest absolute Gasteiger partial charge is 0.306 e. The van der Waals surface area contributed by atoms with Crippen LogP contribution in [0.1, 0.15) is 35.4 Å². The van der Waals surface area contributed by atoms with Crippen LogP contribution < -0.4 is 5.32 Å². The molecule has 5 nitrogen and oxygen atoms in total. The number of halogens is 2. The molecule has 0 bridgehead atoms. The van der Waals surface area contributed by atoms with Gasteiger partial charge in [0, 0.05) is 22.2 Å². The first-order chi connectivity index (χ1) is 12.8. The van der Waals surface area contributed by atoms with E-state index in [9.17, 15) is 14.9 Å². The lowest BCUT2D eigenvalue weighted by Crippen LogP contribution is -2.15. The fraction of sp³-hybridized carbons (Fsp3) is 0.250. The zero-order chi connectivity index (χ0) is 20.0. The lowest BCUT2D eigenvalue weighted by Gasteiger charge is -2.16.